The van der Waals surface area contributed by atoms with E-state index in [1.54, 1.807) is 18.3 Å². The minimum absolute atomic E-state index is 0.206. The van der Waals surface area contributed by atoms with Gasteiger partial charge < -0.3 is 24.4 Å². The number of carbonyl (C=O) groups is 1. The average Bonchev–Trinajstić information content (AvgIpc) is 2.90. The molecule has 0 atom stereocenters. The molecular formula is C25H29N7O4. The average molecular weight is 492 g/mol. The highest BCUT2D eigenvalue weighted by Crippen LogP contribution is 2.38. The third-order valence-electron chi connectivity index (χ3n) is 5.40. The van der Waals surface area contributed by atoms with Crippen LogP contribution in [-0.2, 0) is 4.79 Å². The van der Waals surface area contributed by atoms with E-state index in [0.29, 0.717) is 34.9 Å². The van der Waals surface area contributed by atoms with Crippen LogP contribution in [0.25, 0.3) is 0 Å². The predicted octanol–water partition coefficient (Wildman–Crippen LogP) is 3.99. The SMILES string of the molecule is COc1cc(/C=N\Nc2nc(Nc3ccccc3)nc(N3CCCCC3)n2)cc(OC)c1OC(C)=O. The maximum atomic E-state index is 11.5. The number of hydrazone groups is 1. The van der Waals surface area contributed by atoms with Gasteiger partial charge in [-0.1, -0.05) is 18.2 Å². The second kappa shape index (κ2) is 11.8. The van der Waals surface area contributed by atoms with E-state index in [2.05, 4.69) is 35.7 Å². The van der Waals surface area contributed by atoms with E-state index in [9.17, 15) is 4.79 Å². The number of aromatic nitrogens is 3. The molecule has 0 amide bonds. The molecule has 0 spiro atoms. The van der Waals surface area contributed by atoms with Gasteiger partial charge in [0, 0.05) is 31.3 Å². The van der Waals surface area contributed by atoms with Crippen molar-refractivity contribution in [3.05, 3.63) is 48.0 Å². The molecule has 0 bridgehead atoms. The zero-order chi connectivity index (χ0) is 25.3. The molecule has 3 aromatic rings. The topological polar surface area (TPSA) is 123 Å². The van der Waals surface area contributed by atoms with Crippen LogP contribution in [0.15, 0.2) is 47.6 Å². The zero-order valence-electron chi connectivity index (χ0n) is 20.5. The largest absolute Gasteiger partial charge is 0.493 e. The Morgan fingerprint density at radius 2 is 1.64 bits per heavy atom. The van der Waals surface area contributed by atoms with Crippen molar-refractivity contribution in [1.29, 1.82) is 0 Å². The number of para-hydroxylation sites is 1. The lowest BCUT2D eigenvalue weighted by molar-refractivity contribution is -0.132. The normalized spacial score (nSPS) is 13.4. The van der Waals surface area contributed by atoms with Gasteiger partial charge in [-0.15, -0.1) is 0 Å². The van der Waals surface area contributed by atoms with E-state index in [1.807, 2.05) is 30.3 Å². The number of esters is 1. The lowest BCUT2D eigenvalue weighted by Crippen LogP contribution is -2.31. The van der Waals surface area contributed by atoms with Crippen LogP contribution in [0.4, 0.5) is 23.5 Å². The van der Waals surface area contributed by atoms with E-state index in [-0.39, 0.29) is 5.75 Å². The van der Waals surface area contributed by atoms with E-state index < -0.39 is 5.97 Å². The van der Waals surface area contributed by atoms with E-state index in [0.717, 1.165) is 31.6 Å². The van der Waals surface area contributed by atoms with Crippen LogP contribution in [0.2, 0.25) is 0 Å². The van der Waals surface area contributed by atoms with Crippen LogP contribution in [0.5, 0.6) is 17.2 Å². The molecule has 1 aliphatic heterocycles. The maximum absolute atomic E-state index is 11.5. The highest BCUT2D eigenvalue weighted by Gasteiger charge is 2.17. The number of nitrogens with one attached hydrogen (secondary N) is 2. The first-order valence-corrected chi connectivity index (χ1v) is 11.6. The molecule has 188 valence electrons. The Morgan fingerprint density at radius 1 is 0.972 bits per heavy atom. The van der Waals surface area contributed by atoms with Crippen molar-refractivity contribution in [3.63, 3.8) is 0 Å². The molecule has 0 saturated carbocycles. The smallest absolute Gasteiger partial charge is 0.308 e. The summed E-state index contributed by atoms with van der Waals surface area (Å²) in [5.41, 5.74) is 4.42. The summed E-state index contributed by atoms with van der Waals surface area (Å²) in [5.74, 6) is 1.72. The Balaban J connectivity index is 1.58. The van der Waals surface area contributed by atoms with Crippen LogP contribution >= 0.6 is 0 Å². The van der Waals surface area contributed by atoms with Gasteiger partial charge in [0.2, 0.25) is 23.6 Å². The number of piperidine rings is 1. The van der Waals surface area contributed by atoms with Gasteiger partial charge in [-0.2, -0.15) is 20.1 Å². The molecule has 0 aliphatic carbocycles. The summed E-state index contributed by atoms with van der Waals surface area (Å²) in [7, 11) is 2.96. The van der Waals surface area contributed by atoms with Crippen LogP contribution in [0.1, 0.15) is 31.7 Å². The van der Waals surface area contributed by atoms with E-state index >= 15 is 0 Å². The first-order valence-electron chi connectivity index (χ1n) is 11.6. The van der Waals surface area contributed by atoms with Crippen molar-refractivity contribution in [2.45, 2.75) is 26.2 Å². The van der Waals surface area contributed by atoms with Crippen LogP contribution < -0.4 is 29.9 Å². The minimum Gasteiger partial charge on any atom is -0.493 e. The summed E-state index contributed by atoms with van der Waals surface area (Å²) in [6.45, 7) is 3.10. The fourth-order valence-electron chi connectivity index (χ4n) is 3.74. The zero-order valence-corrected chi connectivity index (χ0v) is 20.5. The van der Waals surface area contributed by atoms with Gasteiger partial charge in [0.05, 0.1) is 20.4 Å². The summed E-state index contributed by atoms with van der Waals surface area (Å²) in [4.78, 5) is 27.3. The second-order valence-corrected chi connectivity index (χ2v) is 8.04. The molecule has 0 unspecified atom stereocenters. The third-order valence-corrected chi connectivity index (χ3v) is 5.40. The number of rotatable bonds is 9. The third kappa shape index (κ3) is 6.38. The Bertz CT molecular complexity index is 1190. The quantitative estimate of drug-likeness (QED) is 0.196. The Morgan fingerprint density at radius 3 is 2.28 bits per heavy atom. The van der Waals surface area contributed by atoms with Crippen molar-refractivity contribution < 1.29 is 19.0 Å². The van der Waals surface area contributed by atoms with Crippen molar-refractivity contribution in [3.8, 4) is 17.2 Å². The first kappa shape index (κ1) is 24.7. The van der Waals surface area contributed by atoms with Gasteiger partial charge in [-0.25, -0.2) is 5.43 Å². The van der Waals surface area contributed by atoms with Crippen molar-refractivity contribution in [2.75, 3.05) is 43.0 Å². The molecule has 2 aromatic carbocycles. The number of hydrogen-bond acceptors (Lipinski definition) is 11. The highest BCUT2D eigenvalue weighted by molar-refractivity contribution is 5.83. The van der Waals surface area contributed by atoms with Gasteiger partial charge in [0.15, 0.2) is 11.5 Å². The second-order valence-electron chi connectivity index (χ2n) is 8.04. The fraction of sp³-hybridized carbons (Fsp3) is 0.320. The van der Waals surface area contributed by atoms with Crippen LogP contribution in [-0.4, -0.2) is 54.4 Å². The monoisotopic (exact) mass is 491 g/mol. The molecule has 2 N–H and O–H groups in total. The molecule has 11 nitrogen and oxygen atoms in total. The molecule has 4 rings (SSSR count). The summed E-state index contributed by atoms with van der Waals surface area (Å²) in [6, 6.07) is 13.1. The highest BCUT2D eigenvalue weighted by atomic mass is 16.6. The molecule has 0 radical (unpaired) electrons. The molecule has 1 aliphatic rings. The lowest BCUT2D eigenvalue weighted by Gasteiger charge is -2.26. The molecule has 2 heterocycles. The van der Waals surface area contributed by atoms with Gasteiger partial charge in [0.25, 0.3) is 0 Å². The molecular weight excluding hydrogens is 462 g/mol. The summed E-state index contributed by atoms with van der Waals surface area (Å²) >= 11 is 0. The molecule has 36 heavy (non-hydrogen) atoms. The minimum atomic E-state index is -0.478. The Kier molecular flexibility index (Phi) is 8.12. The molecule has 11 heteroatoms. The number of carbonyl (C=O) groups excluding carboxylic acids is 1. The summed E-state index contributed by atoms with van der Waals surface area (Å²) in [6.07, 6.45) is 4.97. The Labute approximate surface area is 209 Å². The Hall–Kier alpha value is -4.41. The van der Waals surface area contributed by atoms with Crippen LogP contribution in [0.3, 0.4) is 0 Å². The molecule has 1 saturated heterocycles. The van der Waals surface area contributed by atoms with Crippen LogP contribution in [0, 0.1) is 0 Å². The lowest BCUT2D eigenvalue weighted by atomic mass is 10.1. The first-order chi connectivity index (χ1) is 17.6. The van der Waals surface area contributed by atoms with Gasteiger partial charge in [-0.3, -0.25) is 4.79 Å². The number of methoxy groups -OCH3 is 2. The number of hydrogen-bond donors (Lipinski definition) is 2. The standard InChI is InChI=1S/C25H29N7O4/c1-17(33)36-22-20(34-2)14-18(15-21(22)35-3)16-26-31-24-28-23(27-19-10-6-4-7-11-19)29-25(30-24)32-12-8-5-9-13-32/h4,6-7,10-11,14-16H,5,8-9,12-13H2,1-3H3,(H2,27,28,29,30,31)/b26-16-. The number of anilines is 4. The van der Waals surface area contributed by atoms with Crippen molar-refractivity contribution in [1.82, 2.24) is 15.0 Å². The number of nitrogens with zero attached hydrogens (tertiary/aromatic N) is 5. The van der Waals surface area contributed by atoms with Crippen molar-refractivity contribution in [2.24, 2.45) is 5.10 Å². The summed E-state index contributed by atoms with van der Waals surface area (Å²) < 4.78 is 16.0. The predicted molar refractivity (Wildman–Crippen MR) is 138 cm³/mol. The van der Waals surface area contributed by atoms with E-state index in [4.69, 9.17) is 14.2 Å². The van der Waals surface area contributed by atoms with Gasteiger partial charge >= 0.3 is 5.97 Å². The summed E-state index contributed by atoms with van der Waals surface area (Å²) in [5, 5.41) is 7.52. The van der Waals surface area contributed by atoms with E-state index in [1.165, 1.54) is 27.6 Å². The maximum Gasteiger partial charge on any atom is 0.308 e. The molecule has 1 aromatic heterocycles. The van der Waals surface area contributed by atoms with Gasteiger partial charge in [0.1, 0.15) is 0 Å². The number of ether oxygens (including phenoxy) is 3. The molecule has 1 fully saturated rings. The fourth-order valence-corrected chi connectivity index (χ4v) is 3.74. The van der Waals surface area contributed by atoms with Gasteiger partial charge in [-0.05, 0) is 43.5 Å². The number of benzene rings is 2. The van der Waals surface area contributed by atoms with Crippen molar-refractivity contribution >= 4 is 35.7 Å².